The van der Waals surface area contributed by atoms with Gasteiger partial charge in [0.15, 0.2) is 29.4 Å². The van der Waals surface area contributed by atoms with Crippen molar-refractivity contribution in [1.29, 1.82) is 0 Å². The first kappa shape index (κ1) is 25.1. The van der Waals surface area contributed by atoms with E-state index >= 15 is 0 Å². The van der Waals surface area contributed by atoms with Crippen molar-refractivity contribution in [3.8, 4) is 0 Å². The molecule has 0 spiro atoms. The molecule has 2 unspecified atom stereocenters. The van der Waals surface area contributed by atoms with E-state index in [1.807, 2.05) is 24.3 Å². The highest BCUT2D eigenvalue weighted by molar-refractivity contribution is 5.96. The Bertz CT molecular complexity index is 1310. The highest BCUT2D eigenvalue weighted by atomic mass is 19.2. The summed E-state index contributed by atoms with van der Waals surface area (Å²) in [5, 5.41) is 0. The van der Waals surface area contributed by atoms with Gasteiger partial charge in [-0.1, -0.05) is 18.2 Å². The molecule has 3 N–H and O–H groups in total. The molecule has 2 aromatic rings. The summed E-state index contributed by atoms with van der Waals surface area (Å²) in [7, 11) is 0. The summed E-state index contributed by atoms with van der Waals surface area (Å²) < 4.78 is 54.7. The number of hydrogen-bond donors (Lipinski definition) is 2. The van der Waals surface area contributed by atoms with Gasteiger partial charge in [-0.25, -0.2) is 22.5 Å². The topological polar surface area (TPSA) is 83.4 Å². The first-order valence-electron chi connectivity index (χ1n) is 12.0. The minimum absolute atomic E-state index is 0.00902. The molecule has 194 valence electrons. The molecule has 3 aliphatic rings. The molecule has 3 atom stereocenters. The van der Waals surface area contributed by atoms with Crippen LogP contribution in [0.25, 0.3) is 0 Å². The second-order valence-electron chi connectivity index (χ2n) is 9.57. The molecular weight excluding hydrogens is 490 g/mol. The number of para-hydroxylation sites is 1. The van der Waals surface area contributed by atoms with Crippen LogP contribution >= 0.6 is 0 Å². The Morgan fingerprint density at radius 1 is 1.08 bits per heavy atom. The van der Waals surface area contributed by atoms with E-state index in [2.05, 4.69) is 4.99 Å². The van der Waals surface area contributed by atoms with Crippen molar-refractivity contribution >= 4 is 23.8 Å². The van der Waals surface area contributed by atoms with Crippen LogP contribution in [0.15, 0.2) is 52.8 Å². The molecule has 37 heavy (non-hydrogen) atoms. The summed E-state index contributed by atoms with van der Waals surface area (Å²) >= 11 is 0. The number of carbonyl (C=O) groups excluding carboxylic acids is 2. The van der Waals surface area contributed by atoms with Gasteiger partial charge in [-0.05, 0) is 24.5 Å². The second kappa shape index (κ2) is 10.1. The van der Waals surface area contributed by atoms with E-state index in [4.69, 9.17) is 5.73 Å². The third-order valence-corrected chi connectivity index (χ3v) is 6.93. The average molecular weight is 517 g/mol. The minimum Gasteiger partial charge on any atom is -0.334 e. The Morgan fingerprint density at radius 3 is 2.59 bits per heavy atom. The summed E-state index contributed by atoms with van der Waals surface area (Å²) in [5.41, 5.74) is 8.45. The lowest BCUT2D eigenvalue weighted by Gasteiger charge is -2.23. The van der Waals surface area contributed by atoms with E-state index in [0.29, 0.717) is 18.3 Å². The summed E-state index contributed by atoms with van der Waals surface area (Å²) in [4.78, 5) is 34.6. The predicted molar refractivity (Wildman–Crippen MR) is 127 cm³/mol. The third-order valence-electron chi connectivity index (χ3n) is 6.93. The molecule has 11 heteroatoms. The van der Waals surface area contributed by atoms with Crippen LogP contribution in [0.3, 0.4) is 0 Å². The zero-order chi connectivity index (χ0) is 26.3. The van der Waals surface area contributed by atoms with E-state index in [-0.39, 0.29) is 62.0 Å². The van der Waals surface area contributed by atoms with E-state index in [9.17, 15) is 27.2 Å². The van der Waals surface area contributed by atoms with Crippen LogP contribution < -0.4 is 10.6 Å². The molecule has 7 nitrogen and oxygen atoms in total. The van der Waals surface area contributed by atoms with Gasteiger partial charge in [0.2, 0.25) is 5.91 Å². The number of nitrogens with zero attached hydrogens (tertiary/aromatic N) is 3. The first-order chi connectivity index (χ1) is 17.7. The highest BCUT2D eigenvalue weighted by Gasteiger charge is 2.40. The normalized spacial score (nSPS) is 21.6. The van der Waals surface area contributed by atoms with Crippen LogP contribution in [0.1, 0.15) is 24.0 Å². The van der Waals surface area contributed by atoms with Crippen LogP contribution in [0.5, 0.6) is 0 Å². The fraction of sp³-hybridized carbons (Fsp3) is 0.346. The Kier molecular flexibility index (Phi) is 6.82. The van der Waals surface area contributed by atoms with Crippen molar-refractivity contribution in [2.24, 2.45) is 10.7 Å². The van der Waals surface area contributed by atoms with Crippen molar-refractivity contribution in [2.75, 3.05) is 19.6 Å². The van der Waals surface area contributed by atoms with Gasteiger partial charge < -0.3 is 15.5 Å². The minimum atomic E-state index is -1.30. The Hall–Kier alpha value is -3.57. The lowest BCUT2D eigenvalue weighted by molar-refractivity contribution is -0.673. The molecule has 5 rings (SSSR count). The van der Waals surface area contributed by atoms with Crippen molar-refractivity contribution in [2.45, 2.75) is 38.0 Å². The molecular formula is C26H26F4N5O2+. The fourth-order valence-corrected chi connectivity index (χ4v) is 5.02. The number of rotatable bonds is 5. The largest absolute Gasteiger partial charge is 0.334 e. The van der Waals surface area contributed by atoms with Gasteiger partial charge in [0.25, 0.3) is 5.91 Å². The molecule has 1 saturated heterocycles. The molecule has 1 fully saturated rings. The fourth-order valence-electron chi connectivity index (χ4n) is 5.02. The number of alkyl halides is 1. The number of quaternary nitrogens is 1. The van der Waals surface area contributed by atoms with Crippen LogP contribution in [0.2, 0.25) is 0 Å². The van der Waals surface area contributed by atoms with Gasteiger partial charge in [-0.3, -0.25) is 9.59 Å². The zero-order valence-electron chi connectivity index (χ0n) is 19.9. The Morgan fingerprint density at radius 2 is 1.84 bits per heavy atom. The van der Waals surface area contributed by atoms with E-state index in [1.165, 1.54) is 4.90 Å². The molecule has 0 bridgehead atoms. The molecule has 2 aromatic carbocycles. The second-order valence-corrected chi connectivity index (χ2v) is 9.57. The number of nitrogens with one attached hydrogen (secondary N) is 1. The maximum atomic E-state index is 14.1. The number of aliphatic imine (C=N–C) groups is 1. The quantitative estimate of drug-likeness (QED) is 0.469. The van der Waals surface area contributed by atoms with Crippen LogP contribution in [-0.4, -0.2) is 59.8 Å². The maximum Gasteiger partial charge on any atom is 0.278 e. The van der Waals surface area contributed by atoms with Crippen LogP contribution in [0, 0.1) is 17.5 Å². The summed E-state index contributed by atoms with van der Waals surface area (Å²) in [6.45, 7) is 0.647. The SMILES string of the molecule is N[C@@H](CC(=O)N1CC2=C(C(=O)N3CCC(F)C3)N=C[NH+]2c2ccccc2C1)Cc1cc(F)c(F)cc1F. The molecule has 0 aromatic heterocycles. The van der Waals surface area contributed by atoms with Gasteiger partial charge in [0.1, 0.15) is 17.7 Å². The van der Waals surface area contributed by atoms with Gasteiger partial charge in [0, 0.05) is 36.7 Å². The summed E-state index contributed by atoms with van der Waals surface area (Å²) in [6, 6.07) is 7.83. The third kappa shape index (κ3) is 5.01. The number of amides is 2. The number of benzene rings is 2. The number of hydrogen-bond acceptors (Lipinski definition) is 4. The van der Waals surface area contributed by atoms with E-state index < -0.39 is 29.7 Å². The van der Waals surface area contributed by atoms with Crippen LogP contribution in [0.4, 0.5) is 23.2 Å². The van der Waals surface area contributed by atoms with E-state index in [0.717, 1.165) is 22.2 Å². The number of nitrogens with two attached hydrogens (primary N) is 1. The lowest BCUT2D eigenvalue weighted by Crippen LogP contribution is -3.04. The molecule has 3 heterocycles. The number of likely N-dealkylation sites (tertiary alicyclic amines) is 1. The van der Waals surface area contributed by atoms with Crippen LogP contribution in [-0.2, 0) is 22.6 Å². The number of fused-ring (bicyclic) bond motifs is 3. The molecule has 0 radical (unpaired) electrons. The van der Waals surface area contributed by atoms with Crippen molar-refractivity contribution < 1.29 is 32.1 Å². The monoisotopic (exact) mass is 516 g/mol. The van der Waals surface area contributed by atoms with Gasteiger partial charge in [-0.2, -0.15) is 4.99 Å². The molecule has 0 aliphatic carbocycles. The Balaban J connectivity index is 1.38. The van der Waals surface area contributed by atoms with Gasteiger partial charge in [-0.15, -0.1) is 0 Å². The van der Waals surface area contributed by atoms with Gasteiger partial charge >= 0.3 is 0 Å². The van der Waals surface area contributed by atoms with Crippen molar-refractivity contribution in [3.05, 3.63) is 76.4 Å². The summed E-state index contributed by atoms with van der Waals surface area (Å²) in [6.07, 6.45) is 0.473. The van der Waals surface area contributed by atoms with Crippen molar-refractivity contribution in [1.82, 2.24) is 9.80 Å². The smallest absolute Gasteiger partial charge is 0.278 e. The molecule has 2 amide bonds. The first-order valence-corrected chi connectivity index (χ1v) is 12.0. The zero-order valence-corrected chi connectivity index (χ0v) is 19.9. The van der Waals surface area contributed by atoms with E-state index in [1.54, 1.807) is 11.2 Å². The van der Waals surface area contributed by atoms with Crippen molar-refractivity contribution in [3.63, 3.8) is 0 Å². The molecule has 3 aliphatic heterocycles. The lowest BCUT2D eigenvalue weighted by atomic mass is 10.0. The standard InChI is InChI=1S/C26H25F4N5O2/c27-17-5-6-33(12-17)26(37)25-23-13-34(11-15-3-1-2-4-22(15)35(23)14-32-25)24(36)9-18(31)7-16-8-20(29)21(30)10-19(16)28/h1-4,8,10,14,17-18H,5-7,9,11-13,31H2/p+1/t17?,18-/m1/s1. The average Bonchev–Trinajstić information content (AvgIpc) is 3.44. The maximum absolute atomic E-state index is 14.1. The Labute approximate surface area is 210 Å². The summed E-state index contributed by atoms with van der Waals surface area (Å²) in [5.74, 6) is -4.14. The van der Waals surface area contributed by atoms with Gasteiger partial charge in [0.05, 0.1) is 19.6 Å². The number of carbonyl (C=O) groups is 2. The molecule has 0 saturated carbocycles. The highest BCUT2D eigenvalue weighted by Crippen LogP contribution is 2.25. The predicted octanol–water partition coefficient (Wildman–Crippen LogP) is 1.75. The number of halogens is 4.